The highest BCUT2D eigenvalue weighted by Gasteiger charge is 2.14. The van der Waals surface area contributed by atoms with Gasteiger partial charge in [0, 0.05) is 0 Å². The van der Waals surface area contributed by atoms with Crippen LogP contribution in [0.5, 0.6) is 28.7 Å². The molecule has 0 aliphatic heterocycles. The van der Waals surface area contributed by atoms with Crippen molar-refractivity contribution in [3.63, 3.8) is 0 Å². The molecule has 0 heterocycles. The second-order valence-electron chi connectivity index (χ2n) is 9.43. The van der Waals surface area contributed by atoms with Crippen molar-refractivity contribution in [3.8, 4) is 28.7 Å². The maximum atomic E-state index is 6.38. The summed E-state index contributed by atoms with van der Waals surface area (Å²) in [6.45, 7) is 16.7. The van der Waals surface area contributed by atoms with E-state index >= 15 is 0 Å². The minimum atomic E-state index is 0.513. The molecular formula is C33H34O3. The summed E-state index contributed by atoms with van der Waals surface area (Å²) in [5, 5.41) is 0. The van der Waals surface area contributed by atoms with Gasteiger partial charge in [-0.05, 0) is 110 Å². The van der Waals surface area contributed by atoms with E-state index in [1.54, 1.807) is 0 Å². The molecule has 36 heavy (non-hydrogen) atoms. The summed E-state index contributed by atoms with van der Waals surface area (Å²) in [6.07, 6.45) is 1.84. The predicted molar refractivity (Wildman–Crippen MR) is 149 cm³/mol. The Balaban J connectivity index is 1.51. The summed E-state index contributed by atoms with van der Waals surface area (Å²) < 4.78 is 18.8. The fraction of sp³-hybridized carbons (Fsp3) is 0.212. The van der Waals surface area contributed by atoms with E-state index in [9.17, 15) is 0 Å². The van der Waals surface area contributed by atoms with E-state index in [2.05, 4.69) is 72.4 Å². The third-order valence-electron chi connectivity index (χ3n) is 6.31. The number of aryl methyl sites for hydroxylation is 6. The Kier molecular flexibility index (Phi) is 7.49. The summed E-state index contributed by atoms with van der Waals surface area (Å²) in [4.78, 5) is 0. The molecule has 184 valence electrons. The minimum absolute atomic E-state index is 0.513. The fourth-order valence-electron chi connectivity index (χ4n) is 4.43. The molecule has 0 bridgehead atoms. The van der Waals surface area contributed by atoms with Gasteiger partial charge in [-0.25, -0.2) is 0 Å². The number of para-hydroxylation sites is 1. The van der Waals surface area contributed by atoms with Crippen LogP contribution in [-0.2, 0) is 6.61 Å². The van der Waals surface area contributed by atoms with Crippen molar-refractivity contribution in [3.05, 3.63) is 118 Å². The van der Waals surface area contributed by atoms with E-state index in [4.69, 9.17) is 14.2 Å². The Morgan fingerprint density at radius 1 is 0.583 bits per heavy atom. The topological polar surface area (TPSA) is 27.7 Å². The Morgan fingerprint density at radius 2 is 1.03 bits per heavy atom. The first-order valence-corrected chi connectivity index (χ1v) is 12.2. The van der Waals surface area contributed by atoms with Crippen LogP contribution in [0.1, 0.15) is 44.5 Å². The summed E-state index contributed by atoms with van der Waals surface area (Å²) in [7, 11) is 0. The van der Waals surface area contributed by atoms with Crippen LogP contribution >= 0.6 is 0 Å². The van der Waals surface area contributed by atoms with Crippen LogP contribution in [0.25, 0.3) is 6.08 Å². The van der Waals surface area contributed by atoms with Gasteiger partial charge >= 0.3 is 0 Å². The molecule has 3 heteroatoms. The van der Waals surface area contributed by atoms with Gasteiger partial charge in [-0.3, -0.25) is 0 Å². The van der Waals surface area contributed by atoms with Crippen molar-refractivity contribution >= 4 is 6.08 Å². The summed E-state index contributed by atoms with van der Waals surface area (Å²) >= 11 is 0. The summed E-state index contributed by atoms with van der Waals surface area (Å²) in [6, 6.07) is 22.5. The minimum Gasteiger partial charge on any atom is -0.488 e. The standard InChI is InChI=1S/C33H34O3/c1-8-27-12-14-28(15-13-27)20-34-31-23(4)16-29(17-24(31)5)36-33-25(6)18-30(19-26(33)7)35-32-21(2)10-9-11-22(32)3/h8-19H,1,20H2,2-7H3. The molecule has 4 rings (SSSR count). The highest BCUT2D eigenvalue weighted by molar-refractivity contribution is 5.53. The smallest absolute Gasteiger partial charge is 0.133 e. The van der Waals surface area contributed by atoms with Gasteiger partial charge in [0.25, 0.3) is 0 Å². The second-order valence-corrected chi connectivity index (χ2v) is 9.43. The molecule has 0 unspecified atom stereocenters. The zero-order valence-electron chi connectivity index (χ0n) is 22.1. The van der Waals surface area contributed by atoms with Crippen molar-refractivity contribution in [2.24, 2.45) is 0 Å². The molecule has 0 saturated heterocycles. The number of hydrogen-bond donors (Lipinski definition) is 0. The van der Waals surface area contributed by atoms with Crippen molar-refractivity contribution < 1.29 is 14.2 Å². The second kappa shape index (κ2) is 10.7. The Morgan fingerprint density at radius 3 is 1.50 bits per heavy atom. The van der Waals surface area contributed by atoms with Crippen LogP contribution in [-0.4, -0.2) is 0 Å². The third kappa shape index (κ3) is 5.63. The molecule has 0 amide bonds. The molecule has 0 N–H and O–H groups in total. The predicted octanol–water partition coefficient (Wildman–Crippen LogP) is 9.34. The first-order chi connectivity index (χ1) is 17.2. The molecule has 0 aliphatic rings. The van der Waals surface area contributed by atoms with E-state index in [0.29, 0.717) is 6.61 Å². The van der Waals surface area contributed by atoms with Crippen LogP contribution in [0.2, 0.25) is 0 Å². The van der Waals surface area contributed by atoms with E-state index in [1.807, 2.05) is 48.5 Å². The van der Waals surface area contributed by atoms with Gasteiger partial charge in [0.2, 0.25) is 0 Å². The highest BCUT2D eigenvalue weighted by Crippen LogP contribution is 2.37. The molecule has 0 spiro atoms. The van der Waals surface area contributed by atoms with E-state index < -0.39 is 0 Å². The van der Waals surface area contributed by atoms with Crippen molar-refractivity contribution in [2.45, 2.75) is 48.1 Å². The molecule has 0 saturated carbocycles. The maximum absolute atomic E-state index is 6.38. The molecule has 4 aromatic carbocycles. The average molecular weight is 479 g/mol. The molecular weight excluding hydrogens is 444 g/mol. The quantitative estimate of drug-likeness (QED) is 0.252. The lowest BCUT2D eigenvalue weighted by Gasteiger charge is -2.18. The fourth-order valence-corrected chi connectivity index (χ4v) is 4.43. The molecule has 4 aromatic rings. The van der Waals surface area contributed by atoms with Crippen LogP contribution in [0.4, 0.5) is 0 Å². The molecule has 0 fully saturated rings. The van der Waals surface area contributed by atoms with Crippen molar-refractivity contribution in [2.75, 3.05) is 0 Å². The lowest BCUT2D eigenvalue weighted by molar-refractivity contribution is 0.301. The van der Waals surface area contributed by atoms with E-state index in [-0.39, 0.29) is 0 Å². The van der Waals surface area contributed by atoms with Crippen molar-refractivity contribution in [1.29, 1.82) is 0 Å². The van der Waals surface area contributed by atoms with Gasteiger partial charge in [0.1, 0.15) is 35.4 Å². The van der Waals surface area contributed by atoms with Crippen molar-refractivity contribution in [1.82, 2.24) is 0 Å². The van der Waals surface area contributed by atoms with E-state index in [0.717, 1.165) is 73.3 Å². The van der Waals surface area contributed by atoms with Gasteiger partial charge in [-0.1, -0.05) is 55.1 Å². The van der Waals surface area contributed by atoms with Crippen LogP contribution < -0.4 is 14.2 Å². The van der Waals surface area contributed by atoms with Gasteiger partial charge in [0.15, 0.2) is 0 Å². The molecule has 3 nitrogen and oxygen atoms in total. The largest absolute Gasteiger partial charge is 0.488 e. The maximum Gasteiger partial charge on any atom is 0.133 e. The number of rotatable bonds is 8. The van der Waals surface area contributed by atoms with Crippen LogP contribution in [0.3, 0.4) is 0 Å². The number of hydrogen-bond acceptors (Lipinski definition) is 3. The zero-order valence-corrected chi connectivity index (χ0v) is 22.1. The third-order valence-corrected chi connectivity index (χ3v) is 6.31. The monoisotopic (exact) mass is 478 g/mol. The van der Waals surface area contributed by atoms with Crippen LogP contribution in [0.15, 0.2) is 73.3 Å². The summed E-state index contributed by atoms with van der Waals surface area (Å²) in [5.74, 6) is 4.25. The molecule has 0 atom stereocenters. The van der Waals surface area contributed by atoms with Gasteiger partial charge in [0.05, 0.1) is 0 Å². The Hall–Kier alpha value is -3.98. The SMILES string of the molecule is C=Cc1ccc(COc2c(C)cc(Oc3c(C)cc(Oc4c(C)cccc4C)cc3C)cc2C)cc1. The lowest BCUT2D eigenvalue weighted by Crippen LogP contribution is -2.00. The van der Waals surface area contributed by atoms with Gasteiger partial charge in [-0.2, -0.15) is 0 Å². The normalized spacial score (nSPS) is 10.7. The molecule has 0 aromatic heterocycles. The lowest BCUT2D eigenvalue weighted by atomic mass is 10.1. The Labute approximate surface area is 215 Å². The van der Waals surface area contributed by atoms with Gasteiger partial charge < -0.3 is 14.2 Å². The van der Waals surface area contributed by atoms with Crippen LogP contribution in [0, 0.1) is 41.5 Å². The summed E-state index contributed by atoms with van der Waals surface area (Å²) in [5.41, 5.74) is 8.58. The van der Waals surface area contributed by atoms with E-state index in [1.165, 1.54) is 0 Å². The Bertz CT molecular complexity index is 1330. The molecule has 0 radical (unpaired) electrons. The zero-order chi connectivity index (χ0) is 25.8. The highest BCUT2D eigenvalue weighted by atomic mass is 16.5. The number of benzene rings is 4. The first-order valence-electron chi connectivity index (χ1n) is 12.2. The number of ether oxygens (including phenoxy) is 3. The van der Waals surface area contributed by atoms with Gasteiger partial charge in [-0.15, -0.1) is 0 Å². The average Bonchev–Trinajstić information content (AvgIpc) is 2.84. The first kappa shape index (κ1) is 25.1. The molecule has 0 aliphatic carbocycles.